The van der Waals surface area contributed by atoms with Gasteiger partial charge in [-0.2, -0.15) is 10.2 Å². The third-order valence-corrected chi connectivity index (χ3v) is 9.63. The minimum absolute atomic E-state index is 0.178. The van der Waals surface area contributed by atoms with Crippen molar-refractivity contribution in [2.75, 3.05) is 67.1 Å². The molecule has 0 radical (unpaired) electrons. The maximum absolute atomic E-state index is 11.9. The number of piperazine rings is 1. The SMILES string of the molecule is CCN(CC)C1CN(c2nc3c(c(N4CCN(C(=O)O)[C@@H](CC#N)C4)n2)CCC(N2CCCc4ccccc42)C3)C1. The van der Waals surface area contributed by atoms with Gasteiger partial charge in [-0.05, 0) is 50.4 Å². The zero-order chi connectivity index (χ0) is 28.5. The Bertz CT molecular complexity index is 1300. The van der Waals surface area contributed by atoms with Gasteiger partial charge in [-0.3, -0.25) is 4.90 Å². The van der Waals surface area contributed by atoms with Gasteiger partial charge in [0.05, 0.1) is 24.2 Å². The van der Waals surface area contributed by atoms with Crippen molar-refractivity contribution in [2.24, 2.45) is 0 Å². The second-order valence-corrected chi connectivity index (χ2v) is 11.8. The monoisotopic (exact) mass is 558 g/mol. The average molecular weight is 559 g/mol. The van der Waals surface area contributed by atoms with Gasteiger partial charge in [0.2, 0.25) is 5.95 Å². The van der Waals surface area contributed by atoms with Crippen molar-refractivity contribution in [3.8, 4) is 6.07 Å². The van der Waals surface area contributed by atoms with Gasteiger partial charge in [0.1, 0.15) is 5.82 Å². The molecule has 2 saturated heterocycles. The van der Waals surface area contributed by atoms with Crippen LogP contribution in [0.3, 0.4) is 0 Å². The van der Waals surface area contributed by atoms with E-state index in [-0.39, 0.29) is 12.5 Å². The normalized spacial score (nSPS) is 22.7. The van der Waals surface area contributed by atoms with E-state index in [1.54, 1.807) is 0 Å². The molecule has 0 saturated carbocycles. The summed E-state index contributed by atoms with van der Waals surface area (Å²) in [5.41, 5.74) is 5.15. The van der Waals surface area contributed by atoms with E-state index in [1.165, 1.54) is 28.1 Å². The standard InChI is InChI=1S/C31H42N8O2/c1-3-35(4-2)25-20-37(21-25)30-33-27-18-23(38-15-7-9-22-8-5-6-10-28(22)38)11-12-26(27)29(34-30)36-16-17-39(31(40)41)24(19-36)13-14-32/h5-6,8,10,23-25H,3-4,7,9,11-13,15-21H2,1-2H3,(H,40,41)/t23?,24-/m0/s1. The first-order valence-electron chi connectivity index (χ1n) is 15.3. The lowest BCUT2D eigenvalue weighted by Gasteiger charge is -2.46. The molecule has 4 heterocycles. The smallest absolute Gasteiger partial charge is 0.407 e. The van der Waals surface area contributed by atoms with E-state index in [9.17, 15) is 15.2 Å². The number of para-hydroxylation sites is 1. The van der Waals surface area contributed by atoms with E-state index >= 15 is 0 Å². The van der Waals surface area contributed by atoms with E-state index in [2.05, 4.69) is 63.8 Å². The molecule has 41 heavy (non-hydrogen) atoms. The summed E-state index contributed by atoms with van der Waals surface area (Å²) in [4.78, 5) is 33.3. The fourth-order valence-electron chi connectivity index (χ4n) is 7.35. The van der Waals surface area contributed by atoms with Crippen LogP contribution in [0.5, 0.6) is 0 Å². The molecule has 4 aliphatic rings. The molecule has 1 aromatic heterocycles. The predicted octanol–water partition coefficient (Wildman–Crippen LogP) is 3.40. The summed E-state index contributed by atoms with van der Waals surface area (Å²) in [5.74, 6) is 1.74. The number of benzene rings is 1. The fourth-order valence-corrected chi connectivity index (χ4v) is 7.35. The number of anilines is 3. The Hall–Kier alpha value is -3.58. The number of carboxylic acid groups (broad SMARTS) is 1. The molecule has 0 bridgehead atoms. The van der Waals surface area contributed by atoms with Crippen molar-refractivity contribution < 1.29 is 9.90 Å². The number of hydrogen-bond acceptors (Lipinski definition) is 8. The predicted molar refractivity (Wildman–Crippen MR) is 160 cm³/mol. The van der Waals surface area contributed by atoms with E-state index in [1.807, 2.05) is 0 Å². The number of rotatable bonds is 7. The first-order valence-corrected chi connectivity index (χ1v) is 15.3. The van der Waals surface area contributed by atoms with Crippen molar-refractivity contribution in [1.29, 1.82) is 5.26 Å². The molecule has 1 aliphatic carbocycles. The van der Waals surface area contributed by atoms with E-state index in [4.69, 9.17) is 9.97 Å². The lowest BCUT2D eigenvalue weighted by molar-refractivity contribution is 0.119. The van der Waals surface area contributed by atoms with Gasteiger partial charge in [-0.15, -0.1) is 0 Å². The number of nitriles is 1. The molecular weight excluding hydrogens is 516 g/mol. The Morgan fingerprint density at radius 1 is 1.07 bits per heavy atom. The zero-order valence-electron chi connectivity index (χ0n) is 24.4. The highest BCUT2D eigenvalue weighted by Gasteiger charge is 2.38. The van der Waals surface area contributed by atoms with Crippen LogP contribution in [0.4, 0.5) is 22.2 Å². The molecule has 1 amide bonds. The molecule has 6 rings (SSSR count). The lowest BCUT2D eigenvalue weighted by atomic mass is 9.88. The van der Waals surface area contributed by atoms with E-state index in [0.29, 0.717) is 31.7 Å². The molecule has 10 heteroatoms. The fraction of sp³-hybridized carbons (Fsp3) is 0.613. The molecular formula is C31H42N8O2. The molecule has 2 aromatic rings. The third-order valence-electron chi connectivity index (χ3n) is 9.63. The minimum Gasteiger partial charge on any atom is -0.465 e. The second-order valence-electron chi connectivity index (χ2n) is 11.8. The maximum atomic E-state index is 11.9. The minimum atomic E-state index is -0.956. The van der Waals surface area contributed by atoms with Crippen molar-refractivity contribution >= 4 is 23.5 Å². The molecule has 10 nitrogen and oxygen atoms in total. The van der Waals surface area contributed by atoms with E-state index < -0.39 is 6.09 Å². The number of nitrogens with zero attached hydrogens (tertiary/aromatic N) is 8. The summed E-state index contributed by atoms with van der Waals surface area (Å²) in [5, 5.41) is 19.2. The summed E-state index contributed by atoms with van der Waals surface area (Å²) in [7, 11) is 0. The molecule has 2 atom stereocenters. The van der Waals surface area contributed by atoms with Gasteiger partial charge in [-0.25, -0.2) is 9.78 Å². The van der Waals surface area contributed by atoms with Crippen LogP contribution in [0.25, 0.3) is 0 Å². The Morgan fingerprint density at radius 2 is 1.88 bits per heavy atom. The number of amides is 1. The zero-order valence-corrected chi connectivity index (χ0v) is 24.4. The largest absolute Gasteiger partial charge is 0.465 e. The highest BCUT2D eigenvalue weighted by atomic mass is 16.4. The Morgan fingerprint density at radius 3 is 2.63 bits per heavy atom. The molecule has 1 unspecified atom stereocenters. The highest BCUT2D eigenvalue weighted by Crippen LogP contribution is 2.37. The average Bonchev–Trinajstić information content (AvgIpc) is 2.97. The number of aromatic nitrogens is 2. The van der Waals surface area contributed by atoms with Crippen molar-refractivity contribution in [3.63, 3.8) is 0 Å². The van der Waals surface area contributed by atoms with Gasteiger partial charge in [-0.1, -0.05) is 32.0 Å². The quantitative estimate of drug-likeness (QED) is 0.548. The third kappa shape index (κ3) is 5.28. The Balaban J connectivity index is 1.31. The van der Waals surface area contributed by atoms with Gasteiger partial charge in [0.15, 0.2) is 0 Å². The second kappa shape index (κ2) is 11.7. The van der Waals surface area contributed by atoms with Gasteiger partial charge in [0, 0.05) is 69.0 Å². The molecule has 3 aliphatic heterocycles. The van der Waals surface area contributed by atoms with Crippen LogP contribution >= 0.6 is 0 Å². The van der Waals surface area contributed by atoms with Crippen molar-refractivity contribution in [3.05, 3.63) is 41.1 Å². The van der Waals surface area contributed by atoms with Gasteiger partial charge in [0.25, 0.3) is 0 Å². The van der Waals surface area contributed by atoms with Crippen LogP contribution in [0.1, 0.15) is 49.9 Å². The van der Waals surface area contributed by atoms with E-state index in [0.717, 1.165) is 75.9 Å². The molecule has 2 fully saturated rings. The first kappa shape index (κ1) is 27.6. The van der Waals surface area contributed by atoms with Crippen LogP contribution < -0.4 is 14.7 Å². The number of hydrogen-bond donors (Lipinski definition) is 1. The van der Waals surface area contributed by atoms with Crippen molar-refractivity contribution in [2.45, 2.75) is 70.5 Å². The molecule has 1 N–H and O–H groups in total. The first-order chi connectivity index (χ1) is 20.0. The number of aryl methyl sites for hydroxylation is 1. The van der Waals surface area contributed by atoms with Crippen LogP contribution in [0.15, 0.2) is 24.3 Å². The van der Waals surface area contributed by atoms with Crippen LogP contribution in [-0.2, 0) is 19.3 Å². The number of likely N-dealkylation sites (N-methyl/N-ethyl adjacent to an activating group) is 1. The number of carbonyl (C=O) groups is 1. The van der Waals surface area contributed by atoms with Crippen LogP contribution in [0, 0.1) is 11.3 Å². The summed E-state index contributed by atoms with van der Waals surface area (Å²) in [6, 6.07) is 11.6. The topological polar surface area (TPSA) is 103 Å². The summed E-state index contributed by atoms with van der Waals surface area (Å²) >= 11 is 0. The highest BCUT2D eigenvalue weighted by molar-refractivity contribution is 5.66. The Kier molecular flexibility index (Phi) is 7.89. The van der Waals surface area contributed by atoms with Crippen LogP contribution in [0.2, 0.25) is 0 Å². The molecule has 0 spiro atoms. The van der Waals surface area contributed by atoms with Gasteiger partial charge < -0.3 is 24.7 Å². The van der Waals surface area contributed by atoms with Crippen LogP contribution in [-0.4, -0.2) is 101 Å². The molecule has 218 valence electrons. The summed E-state index contributed by atoms with van der Waals surface area (Å²) in [6.45, 7) is 10.9. The summed E-state index contributed by atoms with van der Waals surface area (Å²) in [6.07, 6.45) is 4.37. The maximum Gasteiger partial charge on any atom is 0.407 e. The molecule has 1 aromatic carbocycles. The van der Waals surface area contributed by atoms with Gasteiger partial charge >= 0.3 is 6.09 Å². The lowest BCUT2D eigenvalue weighted by Crippen LogP contribution is -2.60. The summed E-state index contributed by atoms with van der Waals surface area (Å²) < 4.78 is 0. The van der Waals surface area contributed by atoms with Crippen molar-refractivity contribution in [1.82, 2.24) is 19.8 Å². The number of fused-ring (bicyclic) bond motifs is 2. The Labute approximate surface area is 243 Å².